The number of benzene rings is 1. The van der Waals surface area contributed by atoms with Crippen molar-refractivity contribution in [2.24, 2.45) is 0 Å². The summed E-state index contributed by atoms with van der Waals surface area (Å²) in [5.41, 5.74) is 0.956. The first-order chi connectivity index (χ1) is 10.6. The Kier molecular flexibility index (Phi) is 4.29. The molecular formula is C16H20N2O4. The molecule has 6 nitrogen and oxygen atoms in total. The molecule has 2 aliphatic rings. The molecule has 2 amide bonds. The highest BCUT2D eigenvalue weighted by Gasteiger charge is 2.43. The van der Waals surface area contributed by atoms with Crippen molar-refractivity contribution in [3.8, 4) is 0 Å². The summed E-state index contributed by atoms with van der Waals surface area (Å²) in [7, 11) is 0. The SMILES string of the molecule is CC(=O)N1C[C@H]2OCCN(C(=O)OCc3ccccc3)[C@H]2C1. The number of morpholine rings is 1. The van der Waals surface area contributed by atoms with Crippen molar-refractivity contribution in [1.29, 1.82) is 0 Å². The van der Waals surface area contributed by atoms with Gasteiger partial charge < -0.3 is 14.4 Å². The molecule has 2 atom stereocenters. The normalized spacial score (nSPS) is 24.0. The van der Waals surface area contributed by atoms with E-state index in [0.29, 0.717) is 26.2 Å². The van der Waals surface area contributed by atoms with Gasteiger partial charge in [-0.15, -0.1) is 0 Å². The van der Waals surface area contributed by atoms with Crippen LogP contribution in [0.5, 0.6) is 0 Å². The third kappa shape index (κ3) is 3.06. The molecule has 0 aromatic heterocycles. The topological polar surface area (TPSA) is 59.1 Å². The number of carbonyl (C=O) groups is 2. The van der Waals surface area contributed by atoms with Crippen LogP contribution in [0.2, 0.25) is 0 Å². The summed E-state index contributed by atoms with van der Waals surface area (Å²) >= 11 is 0. The number of carbonyl (C=O) groups excluding carboxylic acids is 2. The highest BCUT2D eigenvalue weighted by molar-refractivity contribution is 5.74. The minimum absolute atomic E-state index is 0.00982. The van der Waals surface area contributed by atoms with Gasteiger partial charge in [0.05, 0.1) is 18.8 Å². The van der Waals surface area contributed by atoms with Gasteiger partial charge in [-0.2, -0.15) is 0 Å². The highest BCUT2D eigenvalue weighted by atomic mass is 16.6. The Morgan fingerprint density at radius 3 is 2.77 bits per heavy atom. The maximum atomic E-state index is 12.3. The van der Waals surface area contributed by atoms with Crippen LogP contribution in [-0.2, 0) is 20.9 Å². The maximum Gasteiger partial charge on any atom is 0.410 e. The van der Waals surface area contributed by atoms with E-state index in [1.165, 1.54) is 6.92 Å². The van der Waals surface area contributed by atoms with E-state index >= 15 is 0 Å². The number of fused-ring (bicyclic) bond motifs is 1. The molecule has 0 aliphatic carbocycles. The Labute approximate surface area is 129 Å². The molecule has 2 fully saturated rings. The average Bonchev–Trinajstić information content (AvgIpc) is 2.98. The van der Waals surface area contributed by atoms with Crippen LogP contribution in [0.4, 0.5) is 4.79 Å². The molecule has 0 radical (unpaired) electrons. The van der Waals surface area contributed by atoms with Crippen molar-refractivity contribution in [2.45, 2.75) is 25.7 Å². The van der Waals surface area contributed by atoms with Gasteiger partial charge in [0.15, 0.2) is 0 Å². The van der Waals surface area contributed by atoms with Gasteiger partial charge in [0.2, 0.25) is 5.91 Å². The standard InChI is InChI=1S/C16H20N2O4/c1-12(19)17-9-14-15(10-17)21-8-7-18(14)16(20)22-11-13-5-3-2-4-6-13/h2-6,14-15H,7-11H2,1H3/t14-,15+/m0/s1. The molecule has 0 spiro atoms. The monoisotopic (exact) mass is 304 g/mol. The lowest BCUT2D eigenvalue weighted by Crippen LogP contribution is -2.53. The predicted octanol–water partition coefficient (Wildman–Crippen LogP) is 1.25. The molecule has 0 unspecified atom stereocenters. The molecule has 0 bridgehead atoms. The fourth-order valence-corrected chi connectivity index (χ4v) is 2.97. The number of amides is 2. The van der Waals surface area contributed by atoms with E-state index in [1.54, 1.807) is 9.80 Å². The summed E-state index contributed by atoms with van der Waals surface area (Å²) in [5.74, 6) is 0.00982. The number of nitrogens with zero attached hydrogens (tertiary/aromatic N) is 2. The average molecular weight is 304 g/mol. The van der Waals surface area contributed by atoms with Crippen molar-refractivity contribution < 1.29 is 19.1 Å². The Bertz CT molecular complexity index is 548. The van der Waals surface area contributed by atoms with Crippen molar-refractivity contribution in [2.75, 3.05) is 26.2 Å². The van der Waals surface area contributed by atoms with Gasteiger partial charge >= 0.3 is 6.09 Å². The highest BCUT2D eigenvalue weighted by Crippen LogP contribution is 2.23. The van der Waals surface area contributed by atoms with Gasteiger partial charge in [0.1, 0.15) is 6.61 Å². The van der Waals surface area contributed by atoms with E-state index in [4.69, 9.17) is 9.47 Å². The van der Waals surface area contributed by atoms with Crippen molar-refractivity contribution in [1.82, 2.24) is 9.80 Å². The summed E-state index contributed by atoms with van der Waals surface area (Å²) in [6.07, 6.45) is -0.450. The molecule has 1 aromatic carbocycles. The first-order valence-corrected chi connectivity index (χ1v) is 7.49. The van der Waals surface area contributed by atoms with Crippen LogP contribution < -0.4 is 0 Å². The first-order valence-electron chi connectivity index (χ1n) is 7.49. The second kappa shape index (κ2) is 6.36. The summed E-state index contributed by atoms with van der Waals surface area (Å²) in [4.78, 5) is 27.3. The number of likely N-dealkylation sites (tertiary alicyclic amines) is 1. The van der Waals surface area contributed by atoms with Crippen LogP contribution >= 0.6 is 0 Å². The lowest BCUT2D eigenvalue weighted by atomic mass is 10.1. The quantitative estimate of drug-likeness (QED) is 0.825. The molecule has 118 valence electrons. The lowest BCUT2D eigenvalue weighted by molar-refractivity contribution is -0.128. The van der Waals surface area contributed by atoms with Gasteiger partial charge in [-0.25, -0.2) is 4.79 Å². The Morgan fingerprint density at radius 2 is 2.05 bits per heavy atom. The van der Waals surface area contributed by atoms with E-state index in [-0.39, 0.29) is 30.8 Å². The van der Waals surface area contributed by atoms with Crippen molar-refractivity contribution in [3.63, 3.8) is 0 Å². The Hall–Kier alpha value is -2.08. The Balaban J connectivity index is 1.61. The zero-order valence-electron chi connectivity index (χ0n) is 12.6. The maximum absolute atomic E-state index is 12.3. The molecule has 22 heavy (non-hydrogen) atoms. The molecule has 1 aromatic rings. The predicted molar refractivity (Wildman–Crippen MR) is 79.1 cm³/mol. The summed E-state index contributed by atoms with van der Waals surface area (Å²) in [5, 5.41) is 0. The van der Waals surface area contributed by atoms with Crippen LogP contribution in [0.25, 0.3) is 0 Å². The van der Waals surface area contributed by atoms with E-state index in [1.807, 2.05) is 30.3 Å². The van der Waals surface area contributed by atoms with Crippen LogP contribution in [0.1, 0.15) is 12.5 Å². The van der Waals surface area contributed by atoms with Gasteiger partial charge in [0, 0.05) is 26.6 Å². The zero-order valence-corrected chi connectivity index (χ0v) is 12.6. The number of hydrogen-bond acceptors (Lipinski definition) is 4. The van der Waals surface area contributed by atoms with Crippen LogP contribution in [0, 0.1) is 0 Å². The molecule has 2 saturated heterocycles. The summed E-state index contributed by atoms with van der Waals surface area (Å²) in [6, 6.07) is 9.48. The molecular weight excluding hydrogens is 284 g/mol. The molecule has 2 heterocycles. The second-order valence-electron chi connectivity index (χ2n) is 5.63. The third-order valence-corrected chi connectivity index (χ3v) is 4.19. The molecule has 0 N–H and O–H groups in total. The van der Waals surface area contributed by atoms with Crippen LogP contribution in [0.15, 0.2) is 30.3 Å². The smallest absolute Gasteiger partial charge is 0.410 e. The fourth-order valence-electron chi connectivity index (χ4n) is 2.97. The molecule has 2 aliphatic heterocycles. The van der Waals surface area contributed by atoms with Crippen molar-refractivity contribution in [3.05, 3.63) is 35.9 Å². The summed E-state index contributed by atoms with van der Waals surface area (Å²) < 4.78 is 11.1. The third-order valence-electron chi connectivity index (χ3n) is 4.19. The van der Waals surface area contributed by atoms with E-state index in [2.05, 4.69) is 0 Å². The van der Waals surface area contributed by atoms with Gasteiger partial charge in [-0.1, -0.05) is 30.3 Å². The van der Waals surface area contributed by atoms with Gasteiger partial charge in [0.25, 0.3) is 0 Å². The molecule has 0 saturated carbocycles. The fraction of sp³-hybridized carbons (Fsp3) is 0.500. The second-order valence-corrected chi connectivity index (χ2v) is 5.63. The van der Waals surface area contributed by atoms with E-state index in [9.17, 15) is 9.59 Å². The van der Waals surface area contributed by atoms with E-state index in [0.717, 1.165) is 5.56 Å². The van der Waals surface area contributed by atoms with Gasteiger partial charge in [-0.3, -0.25) is 9.69 Å². The minimum Gasteiger partial charge on any atom is -0.445 e. The van der Waals surface area contributed by atoms with E-state index < -0.39 is 0 Å². The Morgan fingerprint density at radius 1 is 1.27 bits per heavy atom. The largest absolute Gasteiger partial charge is 0.445 e. The number of hydrogen-bond donors (Lipinski definition) is 0. The molecule has 6 heteroatoms. The van der Waals surface area contributed by atoms with Crippen LogP contribution in [0.3, 0.4) is 0 Å². The minimum atomic E-state index is -0.340. The van der Waals surface area contributed by atoms with Gasteiger partial charge in [-0.05, 0) is 5.56 Å². The zero-order chi connectivity index (χ0) is 15.5. The summed E-state index contributed by atoms with van der Waals surface area (Å²) in [6.45, 7) is 3.83. The van der Waals surface area contributed by atoms with Crippen LogP contribution in [-0.4, -0.2) is 60.2 Å². The van der Waals surface area contributed by atoms with Crippen molar-refractivity contribution >= 4 is 12.0 Å². The number of ether oxygens (including phenoxy) is 2. The lowest BCUT2D eigenvalue weighted by Gasteiger charge is -2.35. The number of rotatable bonds is 2. The first kappa shape index (κ1) is 14.8. The molecule has 3 rings (SSSR count).